The zero-order chi connectivity index (χ0) is 12.8. The smallest absolute Gasteiger partial charge is 0.251 e. The van der Waals surface area contributed by atoms with E-state index in [-0.39, 0.29) is 18.6 Å². The Kier molecular flexibility index (Phi) is 5.12. The Morgan fingerprint density at radius 3 is 2.65 bits per heavy atom. The van der Waals surface area contributed by atoms with Crippen LogP contribution in [-0.2, 0) is 4.74 Å². The summed E-state index contributed by atoms with van der Waals surface area (Å²) >= 11 is 0. The summed E-state index contributed by atoms with van der Waals surface area (Å²) < 4.78 is 4.90. The second-order valence-electron chi connectivity index (χ2n) is 4.11. The van der Waals surface area contributed by atoms with Gasteiger partial charge in [-0.15, -0.1) is 0 Å². The maximum atomic E-state index is 11.9. The molecule has 0 aliphatic carbocycles. The minimum Gasteiger partial charge on any atom is -0.394 e. The van der Waals surface area contributed by atoms with Crippen LogP contribution in [0.2, 0.25) is 0 Å². The summed E-state index contributed by atoms with van der Waals surface area (Å²) in [6.07, 6.45) is 0. The lowest BCUT2D eigenvalue weighted by molar-refractivity contribution is 0.0839. The second kappa shape index (κ2) is 6.37. The summed E-state index contributed by atoms with van der Waals surface area (Å²) in [6, 6.07) is 5.16. The van der Waals surface area contributed by atoms with Gasteiger partial charge in [0.15, 0.2) is 0 Å². The minimum absolute atomic E-state index is 0.135. The fourth-order valence-corrected chi connectivity index (χ4v) is 1.49. The average Bonchev–Trinajstić information content (AvgIpc) is 2.31. The highest BCUT2D eigenvalue weighted by Gasteiger charge is 2.12. The summed E-state index contributed by atoms with van der Waals surface area (Å²) in [5, 5.41) is 11.8. The predicted molar refractivity (Wildman–Crippen MR) is 66.1 cm³/mol. The highest BCUT2D eigenvalue weighted by molar-refractivity contribution is 5.94. The quantitative estimate of drug-likeness (QED) is 0.804. The molecule has 0 spiro atoms. The molecule has 4 nitrogen and oxygen atoms in total. The van der Waals surface area contributed by atoms with Crippen molar-refractivity contribution in [3.8, 4) is 0 Å². The molecule has 1 aromatic carbocycles. The summed E-state index contributed by atoms with van der Waals surface area (Å²) in [7, 11) is 1.53. The molecule has 2 N–H and O–H groups in total. The average molecular weight is 237 g/mol. The Morgan fingerprint density at radius 2 is 2.12 bits per heavy atom. The molecule has 0 heterocycles. The number of aliphatic hydroxyl groups excluding tert-OH is 1. The van der Waals surface area contributed by atoms with Crippen molar-refractivity contribution in [2.75, 3.05) is 20.3 Å². The Labute approximate surface area is 102 Å². The molecule has 0 saturated carbocycles. The van der Waals surface area contributed by atoms with E-state index in [2.05, 4.69) is 5.32 Å². The summed E-state index contributed by atoms with van der Waals surface area (Å²) in [5.74, 6) is -0.191. The first-order chi connectivity index (χ1) is 8.08. The first kappa shape index (κ1) is 13.7. The largest absolute Gasteiger partial charge is 0.394 e. The van der Waals surface area contributed by atoms with Gasteiger partial charge in [0.2, 0.25) is 0 Å². The van der Waals surface area contributed by atoms with Crippen LogP contribution in [0.4, 0.5) is 0 Å². The van der Waals surface area contributed by atoms with Crippen molar-refractivity contribution >= 4 is 5.91 Å². The van der Waals surface area contributed by atoms with Gasteiger partial charge in [-0.1, -0.05) is 6.07 Å². The fourth-order valence-electron chi connectivity index (χ4n) is 1.49. The summed E-state index contributed by atoms with van der Waals surface area (Å²) in [6.45, 7) is 4.13. The van der Waals surface area contributed by atoms with Crippen LogP contribution in [-0.4, -0.2) is 37.4 Å². The van der Waals surface area contributed by atoms with Crippen molar-refractivity contribution in [1.29, 1.82) is 0 Å². The molecular formula is C13H19NO3. The van der Waals surface area contributed by atoms with Gasteiger partial charge in [-0.2, -0.15) is 0 Å². The van der Waals surface area contributed by atoms with Gasteiger partial charge in [0.25, 0.3) is 5.91 Å². The first-order valence-electron chi connectivity index (χ1n) is 5.56. The Balaban J connectivity index is 2.72. The number of carbonyl (C=O) groups excluding carboxylic acids is 1. The van der Waals surface area contributed by atoms with E-state index >= 15 is 0 Å². The maximum Gasteiger partial charge on any atom is 0.251 e. The van der Waals surface area contributed by atoms with Crippen LogP contribution in [0, 0.1) is 13.8 Å². The number of ether oxygens (including phenoxy) is 1. The van der Waals surface area contributed by atoms with Crippen LogP contribution in [0.25, 0.3) is 0 Å². The standard InChI is InChI=1S/C13H19NO3/c1-9-4-5-11(6-10(9)2)13(16)14-12(7-15)8-17-3/h4-6,12,15H,7-8H2,1-3H3,(H,14,16). The summed E-state index contributed by atoms with van der Waals surface area (Å²) in [4.78, 5) is 11.9. The van der Waals surface area contributed by atoms with Crippen molar-refractivity contribution < 1.29 is 14.6 Å². The number of rotatable bonds is 5. The van der Waals surface area contributed by atoms with Gasteiger partial charge in [-0.25, -0.2) is 0 Å². The van der Waals surface area contributed by atoms with Gasteiger partial charge in [0.05, 0.1) is 19.3 Å². The molecule has 1 unspecified atom stereocenters. The van der Waals surface area contributed by atoms with Crippen molar-refractivity contribution in [3.63, 3.8) is 0 Å². The normalized spacial score (nSPS) is 12.2. The van der Waals surface area contributed by atoms with Gasteiger partial charge < -0.3 is 15.2 Å². The topological polar surface area (TPSA) is 58.6 Å². The number of aliphatic hydroxyl groups is 1. The zero-order valence-corrected chi connectivity index (χ0v) is 10.5. The number of methoxy groups -OCH3 is 1. The highest BCUT2D eigenvalue weighted by Crippen LogP contribution is 2.09. The molecule has 4 heteroatoms. The lowest BCUT2D eigenvalue weighted by atomic mass is 10.1. The van der Waals surface area contributed by atoms with Crippen molar-refractivity contribution in [3.05, 3.63) is 34.9 Å². The minimum atomic E-state index is -0.367. The molecule has 0 radical (unpaired) electrons. The molecule has 0 aliphatic rings. The lowest BCUT2D eigenvalue weighted by Crippen LogP contribution is -2.40. The van der Waals surface area contributed by atoms with Gasteiger partial charge in [0.1, 0.15) is 0 Å². The van der Waals surface area contributed by atoms with E-state index in [1.54, 1.807) is 6.07 Å². The van der Waals surface area contributed by atoms with Crippen LogP contribution < -0.4 is 5.32 Å². The van der Waals surface area contributed by atoms with Crippen LogP contribution in [0.15, 0.2) is 18.2 Å². The number of benzene rings is 1. The van der Waals surface area contributed by atoms with Crippen LogP contribution in [0.1, 0.15) is 21.5 Å². The molecule has 1 aromatic rings. The molecule has 1 rings (SSSR count). The van der Waals surface area contributed by atoms with E-state index in [4.69, 9.17) is 9.84 Å². The molecule has 0 saturated heterocycles. The molecule has 17 heavy (non-hydrogen) atoms. The Bertz CT molecular complexity index is 390. The highest BCUT2D eigenvalue weighted by atomic mass is 16.5. The number of carbonyl (C=O) groups is 1. The van der Waals surface area contributed by atoms with E-state index in [0.29, 0.717) is 12.2 Å². The van der Waals surface area contributed by atoms with Crippen molar-refractivity contribution in [2.45, 2.75) is 19.9 Å². The Morgan fingerprint density at radius 1 is 1.41 bits per heavy atom. The van der Waals surface area contributed by atoms with Crippen LogP contribution in [0.5, 0.6) is 0 Å². The van der Waals surface area contributed by atoms with Gasteiger partial charge >= 0.3 is 0 Å². The van der Waals surface area contributed by atoms with Gasteiger partial charge in [0, 0.05) is 12.7 Å². The number of aryl methyl sites for hydroxylation is 2. The van der Waals surface area contributed by atoms with E-state index in [1.165, 1.54) is 7.11 Å². The fraction of sp³-hybridized carbons (Fsp3) is 0.462. The Hall–Kier alpha value is -1.39. The number of nitrogens with one attached hydrogen (secondary N) is 1. The molecule has 0 bridgehead atoms. The molecular weight excluding hydrogens is 218 g/mol. The third kappa shape index (κ3) is 3.84. The lowest BCUT2D eigenvalue weighted by Gasteiger charge is -2.15. The number of hydrogen-bond acceptors (Lipinski definition) is 3. The van der Waals surface area contributed by atoms with Crippen LogP contribution in [0.3, 0.4) is 0 Å². The van der Waals surface area contributed by atoms with Gasteiger partial charge in [-0.3, -0.25) is 4.79 Å². The van der Waals surface area contributed by atoms with E-state index in [1.807, 2.05) is 26.0 Å². The van der Waals surface area contributed by atoms with Crippen LogP contribution >= 0.6 is 0 Å². The first-order valence-corrected chi connectivity index (χ1v) is 5.56. The van der Waals surface area contributed by atoms with Crippen molar-refractivity contribution in [2.24, 2.45) is 0 Å². The second-order valence-corrected chi connectivity index (χ2v) is 4.11. The molecule has 0 aliphatic heterocycles. The predicted octanol–water partition coefficient (Wildman–Crippen LogP) is 1.04. The molecule has 0 aromatic heterocycles. The third-order valence-corrected chi connectivity index (χ3v) is 2.69. The molecule has 1 atom stereocenters. The molecule has 0 fully saturated rings. The summed E-state index contributed by atoms with van der Waals surface area (Å²) in [5.41, 5.74) is 2.82. The van der Waals surface area contributed by atoms with E-state index in [9.17, 15) is 4.79 Å². The molecule has 1 amide bonds. The monoisotopic (exact) mass is 237 g/mol. The zero-order valence-electron chi connectivity index (χ0n) is 10.5. The van der Waals surface area contributed by atoms with E-state index in [0.717, 1.165) is 11.1 Å². The maximum absolute atomic E-state index is 11.9. The third-order valence-electron chi connectivity index (χ3n) is 2.69. The van der Waals surface area contributed by atoms with Crippen molar-refractivity contribution in [1.82, 2.24) is 5.32 Å². The number of amides is 1. The van der Waals surface area contributed by atoms with Gasteiger partial charge in [-0.05, 0) is 37.1 Å². The van der Waals surface area contributed by atoms with E-state index < -0.39 is 0 Å². The SMILES string of the molecule is COCC(CO)NC(=O)c1ccc(C)c(C)c1. The number of hydrogen-bond donors (Lipinski definition) is 2. The molecule has 94 valence electrons.